The molecule has 0 amide bonds. The Kier molecular flexibility index (Phi) is 3.06. The van der Waals surface area contributed by atoms with Gasteiger partial charge in [-0.25, -0.2) is 0 Å². The summed E-state index contributed by atoms with van der Waals surface area (Å²) in [5.74, 6) is 0. The van der Waals surface area contributed by atoms with Crippen molar-refractivity contribution in [3.05, 3.63) is 24.4 Å². The van der Waals surface area contributed by atoms with Gasteiger partial charge in [-0.05, 0) is 12.3 Å². The van der Waals surface area contributed by atoms with Crippen LogP contribution in [0.3, 0.4) is 0 Å². The highest BCUT2D eigenvalue weighted by atomic mass is 127. The fourth-order valence-corrected chi connectivity index (χ4v) is 1.17. The molecule has 1 heterocycles. The number of rotatable bonds is 2. The Morgan fingerprint density at radius 1 is 1.56 bits per heavy atom. The molecule has 0 saturated heterocycles. The quantitative estimate of drug-likeness (QED) is 0.551. The molecule has 0 aromatic carbocycles. The Bertz CT molecular complexity index is 131. The lowest BCUT2D eigenvalue weighted by molar-refractivity contribution is 0.688. The van der Waals surface area contributed by atoms with Crippen molar-refractivity contribution in [1.82, 2.24) is 8.85 Å². The van der Waals surface area contributed by atoms with Crippen molar-refractivity contribution >= 4 is 22.9 Å². The molecule has 50 valence electrons. The predicted molar refractivity (Wildman–Crippen MR) is 47.2 cm³/mol. The van der Waals surface area contributed by atoms with Gasteiger partial charge in [-0.1, -0.05) is 12.2 Å². The van der Waals surface area contributed by atoms with E-state index in [0.29, 0.717) is 6.04 Å². The molecule has 0 fully saturated rings. The number of allylic oxidation sites excluding steroid dienone is 2. The van der Waals surface area contributed by atoms with Gasteiger partial charge >= 0.3 is 0 Å². The molecule has 1 atom stereocenters. The fourth-order valence-electron chi connectivity index (χ4n) is 0.699. The van der Waals surface area contributed by atoms with Crippen LogP contribution in [0, 0.1) is 0 Å². The minimum absolute atomic E-state index is 0.465. The summed E-state index contributed by atoms with van der Waals surface area (Å²) in [4.78, 5) is 0. The molecule has 1 unspecified atom stereocenters. The van der Waals surface area contributed by atoms with E-state index < -0.39 is 0 Å². The third-order valence-corrected chi connectivity index (χ3v) is 1.60. The smallest absolute Gasteiger partial charge is 0.0574 e. The molecule has 0 aromatic heterocycles. The lowest BCUT2D eigenvalue weighted by atomic mass is 10.2. The molecular weight excluding hydrogens is 227 g/mol. The summed E-state index contributed by atoms with van der Waals surface area (Å²) in [7, 11) is 0. The van der Waals surface area contributed by atoms with E-state index in [4.69, 9.17) is 0 Å². The van der Waals surface area contributed by atoms with Gasteiger partial charge in [-0.2, -0.15) is 0 Å². The van der Waals surface area contributed by atoms with Crippen LogP contribution in [0.15, 0.2) is 24.4 Å². The monoisotopic (exact) mass is 236 g/mol. The Hall–Kier alpha value is -0.0300. The second-order valence-corrected chi connectivity index (χ2v) is 2.62. The molecule has 1 rings (SSSR count). The van der Waals surface area contributed by atoms with Gasteiger partial charge in [0.1, 0.15) is 0 Å². The summed E-state index contributed by atoms with van der Waals surface area (Å²) >= 11 is 2.14. The van der Waals surface area contributed by atoms with Gasteiger partial charge in [-0.3, -0.25) is 3.53 Å². The molecule has 0 aliphatic carbocycles. The minimum Gasteiger partial charge on any atom is -0.383 e. The largest absolute Gasteiger partial charge is 0.383 e. The van der Waals surface area contributed by atoms with Gasteiger partial charge in [0.15, 0.2) is 0 Å². The molecule has 0 spiro atoms. The van der Waals surface area contributed by atoms with Crippen molar-refractivity contribution < 1.29 is 0 Å². The molecular formula is C6H9IN2. The van der Waals surface area contributed by atoms with Gasteiger partial charge in [0.2, 0.25) is 0 Å². The van der Waals surface area contributed by atoms with Crippen LogP contribution in [0.25, 0.3) is 0 Å². The van der Waals surface area contributed by atoms with Crippen molar-refractivity contribution in [2.24, 2.45) is 0 Å². The van der Waals surface area contributed by atoms with Gasteiger partial charge in [0.25, 0.3) is 0 Å². The summed E-state index contributed by atoms with van der Waals surface area (Å²) in [5.41, 5.74) is 0. The first-order valence-corrected chi connectivity index (χ1v) is 3.94. The first-order chi connectivity index (χ1) is 4.43. The minimum atomic E-state index is 0.465. The SMILES string of the molecule is INCC1C=CC=CN1. The van der Waals surface area contributed by atoms with Gasteiger partial charge in [0.05, 0.1) is 6.04 Å². The number of nitrogens with one attached hydrogen (secondary N) is 2. The van der Waals surface area contributed by atoms with Crippen LogP contribution in [0.4, 0.5) is 0 Å². The fraction of sp³-hybridized carbons (Fsp3) is 0.333. The van der Waals surface area contributed by atoms with Gasteiger partial charge in [-0.15, -0.1) is 0 Å². The third-order valence-electron chi connectivity index (χ3n) is 1.16. The highest BCUT2D eigenvalue weighted by Gasteiger charge is 1.99. The Balaban J connectivity index is 2.28. The summed E-state index contributed by atoms with van der Waals surface area (Å²) in [6.45, 7) is 0.974. The van der Waals surface area contributed by atoms with Gasteiger partial charge in [0, 0.05) is 29.4 Å². The van der Waals surface area contributed by atoms with E-state index in [1.165, 1.54) is 0 Å². The first kappa shape index (κ1) is 7.08. The zero-order chi connectivity index (χ0) is 6.53. The van der Waals surface area contributed by atoms with E-state index in [2.05, 4.69) is 43.9 Å². The molecule has 2 nitrogen and oxygen atoms in total. The van der Waals surface area contributed by atoms with Gasteiger partial charge < -0.3 is 5.32 Å². The van der Waals surface area contributed by atoms with Crippen molar-refractivity contribution in [2.45, 2.75) is 6.04 Å². The highest BCUT2D eigenvalue weighted by Crippen LogP contribution is 1.92. The maximum Gasteiger partial charge on any atom is 0.0574 e. The van der Waals surface area contributed by atoms with E-state index in [1.807, 2.05) is 12.3 Å². The van der Waals surface area contributed by atoms with Crippen LogP contribution < -0.4 is 8.85 Å². The summed E-state index contributed by atoms with van der Waals surface area (Å²) in [5, 5.41) is 3.19. The van der Waals surface area contributed by atoms with Crippen molar-refractivity contribution in [1.29, 1.82) is 0 Å². The predicted octanol–water partition coefficient (Wildman–Crippen LogP) is 0.968. The van der Waals surface area contributed by atoms with Crippen LogP contribution in [-0.4, -0.2) is 12.6 Å². The van der Waals surface area contributed by atoms with E-state index in [1.54, 1.807) is 0 Å². The molecule has 3 heteroatoms. The average Bonchev–Trinajstić information content (AvgIpc) is 1.91. The van der Waals surface area contributed by atoms with Crippen molar-refractivity contribution in [3.8, 4) is 0 Å². The molecule has 0 saturated carbocycles. The van der Waals surface area contributed by atoms with Crippen LogP contribution in [0.5, 0.6) is 0 Å². The Morgan fingerprint density at radius 2 is 2.44 bits per heavy atom. The number of halogens is 1. The molecule has 2 N–H and O–H groups in total. The van der Waals surface area contributed by atoms with E-state index in [0.717, 1.165) is 6.54 Å². The van der Waals surface area contributed by atoms with E-state index in [9.17, 15) is 0 Å². The molecule has 1 aliphatic heterocycles. The van der Waals surface area contributed by atoms with Crippen molar-refractivity contribution in [3.63, 3.8) is 0 Å². The third kappa shape index (κ3) is 2.36. The first-order valence-electron chi connectivity index (χ1n) is 2.86. The average molecular weight is 236 g/mol. The van der Waals surface area contributed by atoms with Crippen LogP contribution in [0.2, 0.25) is 0 Å². The highest BCUT2D eigenvalue weighted by molar-refractivity contribution is 14.1. The summed E-state index contributed by atoms with van der Waals surface area (Å²) in [6.07, 6.45) is 8.13. The molecule has 1 aliphatic rings. The van der Waals surface area contributed by atoms with E-state index in [-0.39, 0.29) is 0 Å². The van der Waals surface area contributed by atoms with Crippen LogP contribution in [-0.2, 0) is 0 Å². The molecule has 0 bridgehead atoms. The summed E-state index contributed by atoms with van der Waals surface area (Å²) < 4.78 is 3.06. The number of dihydropyridines is 1. The number of hydrogen-bond donors (Lipinski definition) is 2. The lowest BCUT2D eigenvalue weighted by Gasteiger charge is -2.13. The molecule has 0 radical (unpaired) electrons. The second kappa shape index (κ2) is 3.90. The van der Waals surface area contributed by atoms with Crippen molar-refractivity contribution in [2.75, 3.05) is 6.54 Å². The topological polar surface area (TPSA) is 24.1 Å². The second-order valence-electron chi connectivity index (χ2n) is 1.85. The summed E-state index contributed by atoms with van der Waals surface area (Å²) in [6, 6.07) is 0.465. The van der Waals surface area contributed by atoms with Crippen LogP contribution in [0.1, 0.15) is 0 Å². The molecule has 9 heavy (non-hydrogen) atoms. The van der Waals surface area contributed by atoms with E-state index >= 15 is 0 Å². The zero-order valence-corrected chi connectivity index (χ0v) is 7.13. The Labute approximate surface area is 68.9 Å². The number of hydrogen-bond acceptors (Lipinski definition) is 2. The van der Waals surface area contributed by atoms with Crippen LogP contribution >= 0.6 is 22.9 Å². The standard InChI is InChI=1S/C6H9IN2/c7-9-5-6-3-1-2-4-8-6/h1-4,6,8-9H,5H2. The normalized spacial score (nSPS) is 23.9. The maximum atomic E-state index is 3.19. The molecule has 0 aromatic rings. The zero-order valence-electron chi connectivity index (χ0n) is 4.97. The Morgan fingerprint density at radius 3 is 3.00 bits per heavy atom. The lowest BCUT2D eigenvalue weighted by Crippen LogP contribution is -2.31. The maximum absolute atomic E-state index is 3.19.